The highest BCUT2D eigenvalue weighted by molar-refractivity contribution is 6.19. The molecule has 0 rings (SSSR count). The lowest BCUT2D eigenvalue weighted by Gasteiger charge is -2.00. The van der Waals surface area contributed by atoms with Crippen LogP contribution in [0, 0.1) is 0 Å². The van der Waals surface area contributed by atoms with Gasteiger partial charge in [-0.05, 0) is 0 Å². The molecule has 0 heterocycles. The van der Waals surface area contributed by atoms with Gasteiger partial charge >= 0.3 is 5.97 Å². The molecular formula is C4H7ClO3. The van der Waals surface area contributed by atoms with Crippen LogP contribution in [0.5, 0.6) is 0 Å². The van der Waals surface area contributed by atoms with Crippen LogP contribution < -0.4 is 0 Å². The minimum absolute atomic E-state index is 0.118. The van der Waals surface area contributed by atoms with Crippen LogP contribution in [0.2, 0.25) is 0 Å². The van der Waals surface area contributed by atoms with Gasteiger partial charge in [0.05, 0.1) is 13.0 Å². The van der Waals surface area contributed by atoms with Gasteiger partial charge in [0, 0.05) is 0 Å². The molecular weight excluding hydrogens is 131 g/mol. The molecule has 4 heteroatoms. The molecule has 0 spiro atoms. The summed E-state index contributed by atoms with van der Waals surface area (Å²) in [5, 5.41) is 8.52. The van der Waals surface area contributed by atoms with E-state index in [0.717, 1.165) is 0 Å². The first kappa shape index (κ1) is 7.72. The Hall–Kier alpha value is -0.280. The highest BCUT2D eigenvalue weighted by atomic mass is 35.5. The molecule has 0 aliphatic carbocycles. The maximum Gasteiger partial charge on any atom is 0.335 e. The zero-order chi connectivity index (χ0) is 6.57. The van der Waals surface area contributed by atoms with Gasteiger partial charge in [0.25, 0.3) is 0 Å². The van der Waals surface area contributed by atoms with Crippen LogP contribution in [0.1, 0.15) is 0 Å². The van der Waals surface area contributed by atoms with E-state index < -0.39 is 12.1 Å². The second kappa shape index (κ2) is 3.69. The molecule has 0 aromatic carbocycles. The number of esters is 1. The molecule has 3 nitrogen and oxygen atoms in total. The van der Waals surface area contributed by atoms with Gasteiger partial charge in [0.1, 0.15) is 0 Å². The van der Waals surface area contributed by atoms with Crippen LogP contribution in [0.25, 0.3) is 0 Å². The Bertz CT molecular complexity index is 83.4. The van der Waals surface area contributed by atoms with E-state index in [2.05, 4.69) is 4.74 Å². The van der Waals surface area contributed by atoms with E-state index in [1.165, 1.54) is 7.11 Å². The van der Waals surface area contributed by atoms with Crippen molar-refractivity contribution in [3.8, 4) is 0 Å². The number of halogens is 1. The third-order valence-corrected chi connectivity index (χ3v) is 0.912. The zero-order valence-electron chi connectivity index (χ0n) is 4.43. The summed E-state index contributed by atoms with van der Waals surface area (Å²) >= 11 is 5.07. The molecule has 0 aliphatic rings. The number of aliphatic hydroxyl groups is 1. The Morgan fingerprint density at radius 3 is 2.62 bits per heavy atom. The monoisotopic (exact) mass is 138 g/mol. The number of ether oxygens (including phenoxy) is 1. The van der Waals surface area contributed by atoms with E-state index >= 15 is 0 Å². The lowest BCUT2D eigenvalue weighted by atomic mass is 10.4. The molecule has 1 N–H and O–H groups in total. The van der Waals surface area contributed by atoms with Crippen molar-refractivity contribution in [2.75, 3.05) is 13.0 Å². The normalized spacial score (nSPS) is 12.9. The van der Waals surface area contributed by atoms with Crippen molar-refractivity contribution < 1.29 is 14.6 Å². The number of hydrogen-bond acceptors (Lipinski definition) is 3. The van der Waals surface area contributed by atoms with E-state index in [4.69, 9.17) is 16.7 Å². The van der Waals surface area contributed by atoms with Crippen molar-refractivity contribution in [2.24, 2.45) is 0 Å². The Kier molecular flexibility index (Phi) is 3.56. The fourth-order valence-electron chi connectivity index (χ4n) is 0.199. The maximum atomic E-state index is 10.2. The lowest BCUT2D eigenvalue weighted by Crippen LogP contribution is -2.22. The third-order valence-electron chi connectivity index (χ3n) is 0.619. The fourth-order valence-corrected chi connectivity index (χ4v) is 0.325. The van der Waals surface area contributed by atoms with Gasteiger partial charge in [-0.15, -0.1) is 11.6 Å². The summed E-state index contributed by atoms with van der Waals surface area (Å²) in [6.07, 6.45) is -1.18. The van der Waals surface area contributed by atoms with Crippen LogP contribution in [-0.4, -0.2) is 30.2 Å². The van der Waals surface area contributed by atoms with Crippen molar-refractivity contribution in [1.29, 1.82) is 0 Å². The molecule has 1 unspecified atom stereocenters. The van der Waals surface area contributed by atoms with Gasteiger partial charge in [-0.2, -0.15) is 0 Å². The number of methoxy groups -OCH3 is 1. The SMILES string of the molecule is COC(=O)C(O)CCl. The smallest absolute Gasteiger partial charge is 0.335 e. The molecule has 8 heavy (non-hydrogen) atoms. The average Bonchev–Trinajstić information content (AvgIpc) is 1.84. The number of carbonyl (C=O) groups excluding carboxylic acids is 1. The predicted molar refractivity (Wildman–Crippen MR) is 28.7 cm³/mol. The van der Waals surface area contributed by atoms with Crippen LogP contribution in [0.3, 0.4) is 0 Å². The average molecular weight is 139 g/mol. The Labute approximate surface area is 52.2 Å². The molecule has 0 radical (unpaired) electrons. The number of rotatable bonds is 2. The number of aliphatic hydroxyl groups excluding tert-OH is 1. The second-order valence-corrected chi connectivity index (χ2v) is 1.50. The molecule has 0 aromatic rings. The Morgan fingerprint density at radius 2 is 2.50 bits per heavy atom. The van der Waals surface area contributed by atoms with Gasteiger partial charge < -0.3 is 9.84 Å². The minimum Gasteiger partial charge on any atom is -0.467 e. The summed E-state index contributed by atoms with van der Waals surface area (Å²) in [4.78, 5) is 10.2. The van der Waals surface area contributed by atoms with Gasteiger partial charge in [-0.25, -0.2) is 4.79 Å². The minimum atomic E-state index is -1.18. The Morgan fingerprint density at radius 1 is 2.00 bits per heavy atom. The van der Waals surface area contributed by atoms with Crippen molar-refractivity contribution >= 4 is 17.6 Å². The molecule has 0 saturated carbocycles. The molecule has 0 aromatic heterocycles. The maximum absolute atomic E-state index is 10.2. The van der Waals surface area contributed by atoms with Crippen molar-refractivity contribution in [1.82, 2.24) is 0 Å². The zero-order valence-corrected chi connectivity index (χ0v) is 5.18. The van der Waals surface area contributed by atoms with Gasteiger partial charge in [0.2, 0.25) is 0 Å². The van der Waals surface area contributed by atoms with Crippen LogP contribution in [-0.2, 0) is 9.53 Å². The first-order valence-corrected chi connectivity index (χ1v) is 2.57. The summed E-state index contributed by atoms with van der Waals surface area (Å²) in [6, 6.07) is 0. The van der Waals surface area contributed by atoms with E-state index in [-0.39, 0.29) is 5.88 Å². The summed E-state index contributed by atoms with van der Waals surface area (Å²) < 4.78 is 4.13. The fraction of sp³-hybridized carbons (Fsp3) is 0.750. The van der Waals surface area contributed by atoms with Crippen LogP contribution in [0.15, 0.2) is 0 Å². The Balaban J connectivity index is 3.46. The molecule has 0 amide bonds. The van der Waals surface area contributed by atoms with Crippen molar-refractivity contribution in [3.63, 3.8) is 0 Å². The van der Waals surface area contributed by atoms with E-state index in [0.29, 0.717) is 0 Å². The summed E-state index contributed by atoms with van der Waals surface area (Å²) in [5.41, 5.74) is 0. The largest absolute Gasteiger partial charge is 0.467 e. The van der Waals surface area contributed by atoms with Gasteiger partial charge in [-0.1, -0.05) is 0 Å². The van der Waals surface area contributed by atoms with E-state index in [1.54, 1.807) is 0 Å². The quantitative estimate of drug-likeness (QED) is 0.423. The molecule has 0 saturated heterocycles. The van der Waals surface area contributed by atoms with Gasteiger partial charge in [0.15, 0.2) is 6.10 Å². The van der Waals surface area contributed by atoms with Gasteiger partial charge in [-0.3, -0.25) is 0 Å². The predicted octanol–water partition coefficient (Wildman–Crippen LogP) is -0.241. The summed E-state index contributed by atoms with van der Waals surface area (Å²) in [7, 11) is 1.19. The number of carbonyl (C=O) groups is 1. The highest BCUT2D eigenvalue weighted by Crippen LogP contribution is 1.88. The molecule has 0 fully saturated rings. The van der Waals surface area contributed by atoms with E-state index in [9.17, 15) is 4.79 Å². The summed E-state index contributed by atoms with van der Waals surface area (Å²) in [5.74, 6) is -0.813. The number of hydrogen-bond donors (Lipinski definition) is 1. The first-order chi connectivity index (χ1) is 3.72. The summed E-state index contributed by atoms with van der Waals surface area (Å²) in [6.45, 7) is 0. The standard InChI is InChI=1S/C4H7ClO3/c1-8-4(7)3(6)2-5/h3,6H,2H2,1H3. The lowest BCUT2D eigenvalue weighted by molar-refractivity contribution is -0.149. The van der Waals surface area contributed by atoms with Crippen LogP contribution >= 0.6 is 11.6 Å². The van der Waals surface area contributed by atoms with Crippen molar-refractivity contribution in [3.05, 3.63) is 0 Å². The molecule has 1 atom stereocenters. The van der Waals surface area contributed by atoms with E-state index in [1.807, 2.05) is 0 Å². The van der Waals surface area contributed by atoms with Crippen molar-refractivity contribution in [2.45, 2.75) is 6.10 Å². The topological polar surface area (TPSA) is 46.5 Å². The molecule has 48 valence electrons. The number of alkyl halides is 1. The van der Waals surface area contributed by atoms with Crippen LogP contribution in [0.4, 0.5) is 0 Å². The molecule has 0 aliphatic heterocycles. The second-order valence-electron chi connectivity index (χ2n) is 1.19. The third kappa shape index (κ3) is 2.14. The first-order valence-electron chi connectivity index (χ1n) is 2.04. The molecule has 0 bridgehead atoms. The highest BCUT2D eigenvalue weighted by Gasteiger charge is 2.11.